The van der Waals surface area contributed by atoms with Crippen molar-refractivity contribution in [2.75, 3.05) is 0 Å². The Labute approximate surface area is 116 Å². The van der Waals surface area contributed by atoms with E-state index >= 15 is 0 Å². The Morgan fingerprint density at radius 1 is 1.17 bits per heavy atom. The van der Waals surface area contributed by atoms with E-state index in [1.807, 2.05) is 31.3 Å². The zero-order valence-electron chi connectivity index (χ0n) is 10.0. The molecule has 2 heterocycles. The predicted molar refractivity (Wildman–Crippen MR) is 75.0 cm³/mol. The van der Waals surface area contributed by atoms with Gasteiger partial charge in [-0.3, -0.25) is 0 Å². The lowest BCUT2D eigenvalue weighted by molar-refractivity contribution is 0.734. The third-order valence-corrected chi connectivity index (χ3v) is 3.39. The van der Waals surface area contributed by atoms with Crippen molar-refractivity contribution in [1.29, 1.82) is 0 Å². The van der Waals surface area contributed by atoms with Gasteiger partial charge < -0.3 is 5.73 Å². The molecule has 0 aliphatic heterocycles. The Morgan fingerprint density at radius 3 is 2.33 bits per heavy atom. The first-order chi connectivity index (χ1) is 8.63. The van der Waals surface area contributed by atoms with Crippen LogP contribution in [0.15, 0.2) is 46.7 Å². The Bertz CT molecular complexity index is 497. The van der Waals surface area contributed by atoms with E-state index in [1.165, 1.54) is 11.8 Å². The van der Waals surface area contributed by atoms with Crippen molar-refractivity contribution in [2.45, 2.75) is 29.4 Å². The number of hydrogen-bond acceptors (Lipinski definition) is 4. The molecule has 0 spiro atoms. The van der Waals surface area contributed by atoms with Gasteiger partial charge in [0.25, 0.3) is 0 Å². The third kappa shape index (κ3) is 3.98. The summed E-state index contributed by atoms with van der Waals surface area (Å²) in [5.41, 5.74) is 6.90. The minimum absolute atomic E-state index is 0.156. The maximum Gasteiger partial charge on any atom is 0.102 e. The lowest BCUT2D eigenvalue weighted by Gasteiger charge is -2.05. The molecule has 3 nitrogen and oxygen atoms in total. The first-order valence-electron chi connectivity index (χ1n) is 5.63. The molecule has 2 rings (SSSR count). The molecule has 0 aliphatic carbocycles. The van der Waals surface area contributed by atoms with Gasteiger partial charge in [0.2, 0.25) is 0 Å². The van der Waals surface area contributed by atoms with Gasteiger partial charge in [0.1, 0.15) is 10.1 Å². The highest BCUT2D eigenvalue weighted by Gasteiger charge is 2.02. The van der Waals surface area contributed by atoms with E-state index in [0.29, 0.717) is 5.02 Å². The summed E-state index contributed by atoms with van der Waals surface area (Å²) in [4.78, 5) is 8.60. The molecule has 0 saturated carbocycles. The average Bonchev–Trinajstić information content (AvgIpc) is 2.34. The van der Waals surface area contributed by atoms with Gasteiger partial charge in [0, 0.05) is 18.4 Å². The van der Waals surface area contributed by atoms with E-state index in [9.17, 15) is 0 Å². The van der Waals surface area contributed by atoms with Crippen LogP contribution in [0.2, 0.25) is 5.02 Å². The Kier molecular flexibility index (Phi) is 4.58. The summed E-state index contributed by atoms with van der Waals surface area (Å²) in [6, 6.07) is 7.89. The fraction of sp³-hybridized carbons (Fsp3) is 0.231. The number of nitrogens with two attached hydrogens (primary N) is 1. The van der Waals surface area contributed by atoms with Crippen molar-refractivity contribution in [2.24, 2.45) is 5.73 Å². The Morgan fingerprint density at radius 2 is 1.83 bits per heavy atom. The van der Waals surface area contributed by atoms with Gasteiger partial charge in [-0.05, 0) is 37.1 Å². The molecule has 0 radical (unpaired) electrons. The van der Waals surface area contributed by atoms with Gasteiger partial charge >= 0.3 is 0 Å². The van der Waals surface area contributed by atoms with Crippen LogP contribution < -0.4 is 5.73 Å². The maximum atomic E-state index is 5.78. The molecular weight excluding hydrogens is 266 g/mol. The van der Waals surface area contributed by atoms with E-state index in [4.69, 9.17) is 17.3 Å². The van der Waals surface area contributed by atoms with Gasteiger partial charge in [0.15, 0.2) is 0 Å². The smallest absolute Gasteiger partial charge is 0.102 e. The quantitative estimate of drug-likeness (QED) is 0.934. The molecule has 0 saturated heterocycles. The summed E-state index contributed by atoms with van der Waals surface area (Å²) >= 11 is 7.30. The highest BCUT2D eigenvalue weighted by atomic mass is 35.5. The molecule has 0 fully saturated rings. The molecule has 5 heteroatoms. The van der Waals surface area contributed by atoms with Crippen LogP contribution >= 0.6 is 23.4 Å². The van der Waals surface area contributed by atoms with Gasteiger partial charge in [-0.15, -0.1) is 0 Å². The van der Waals surface area contributed by atoms with Crippen molar-refractivity contribution >= 4 is 23.4 Å². The molecule has 0 amide bonds. The van der Waals surface area contributed by atoms with Crippen molar-refractivity contribution < 1.29 is 0 Å². The Balaban J connectivity index is 2.04. The number of pyridine rings is 2. The number of halogens is 1. The van der Waals surface area contributed by atoms with Gasteiger partial charge in [-0.25, -0.2) is 9.97 Å². The lowest BCUT2D eigenvalue weighted by atomic mass is 10.1. The minimum Gasteiger partial charge on any atom is -0.328 e. The van der Waals surface area contributed by atoms with Gasteiger partial charge in [-0.2, -0.15) is 0 Å². The number of hydrogen-bond donors (Lipinski definition) is 1. The topological polar surface area (TPSA) is 51.8 Å². The van der Waals surface area contributed by atoms with Crippen molar-refractivity contribution in [3.8, 4) is 0 Å². The van der Waals surface area contributed by atoms with Crippen LogP contribution in [0.1, 0.15) is 12.5 Å². The maximum absolute atomic E-state index is 5.78. The monoisotopic (exact) mass is 279 g/mol. The first kappa shape index (κ1) is 13.3. The summed E-state index contributed by atoms with van der Waals surface area (Å²) < 4.78 is 0. The molecule has 1 unspecified atom stereocenters. The normalized spacial score (nSPS) is 12.4. The van der Waals surface area contributed by atoms with Gasteiger partial charge in [0.05, 0.1) is 5.02 Å². The van der Waals surface area contributed by atoms with Crippen LogP contribution in [0.3, 0.4) is 0 Å². The highest BCUT2D eigenvalue weighted by molar-refractivity contribution is 7.99. The summed E-state index contributed by atoms with van der Waals surface area (Å²) in [7, 11) is 0. The second-order valence-electron chi connectivity index (χ2n) is 4.10. The molecule has 94 valence electrons. The highest BCUT2D eigenvalue weighted by Crippen LogP contribution is 2.24. The Hall–Kier alpha value is -1.10. The van der Waals surface area contributed by atoms with E-state index in [-0.39, 0.29) is 6.04 Å². The first-order valence-corrected chi connectivity index (χ1v) is 6.83. The van der Waals surface area contributed by atoms with Crippen molar-refractivity contribution in [1.82, 2.24) is 9.97 Å². The molecule has 0 bridgehead atoms. The molecule has 18 heavy (non-hydrogen) atoms. The molecule has 1 atom stereocenters. The van der Waals surface area contributed by atoms with Crippen LogP contribution in [-0.2, 0) is 6.42 Å². The standard InChI is InChI=1S/C13H14ClN3S/c1-9(15)6-10-2-4-12(16-7-10)18-13-5-3-11(14)8-17-13/h2-5,7-9H,6,15H2,1H3. The van der Waals surface area contributed by atoms with E-state index in [1.54, 1.807) is 6.20 Å². The number of nitrogens with zero attached hydrogens (tertiary/aromatic N) is 2. The average molecular weight is 280 g/mol. The van der Waals surface area contributed by atoms with E-state index < -0.39 is 0 Å². The van der Waals surface area contributed by atoms with Gasteiger partial charge in [-0.1, -0.05) is 29.4 Å². The number of aromatic nitrogens is 2. The zero-order valence-corrected chi connectivity index (χ0v) is 11.6. The van der Waals surface area contributed by atoms with E-state index in [2.05, 4.69) is 16.0 Å². The van der Waals surface area contributed by atoms with Crippen LogP contribution in [-0.4, -0.2) is 16.0 Å². The molecule has 2 aromatic rings. The predicted octanol–water partition coefficient (Wildman–Crippen LogP) is 3.17. The molecule has 0 aromatic carbocycles. The molecule has 2 N–H and O–H groups in total. The van der Waals surface area contributed by atoms with Crippen LogP contribution in [0, 0.1) is 0 Å². The molecule has 2 aromatic heterocycles. The fourth-order valence-corrected chi connectivity index (χ4v) is 2.30. The summed E-state index contributed by atoms with van der Waals surface area (Å²) in [6.45, 7) is 1.99. The summed E-state index contributed by atoms with van der Waals surface area (Å²) in [5.74, 6) is 0. The van der Waals surface area contributed by atoms with Crippen LogP contribution in [0.4, 0.5) is 0 Å². The third-order valence-electron chi connectivity index (χ3n) is 2.26. The molecule has 0 aliphatic rings. The number of rotatable bonds is 4. The van der Waals surface area contributed by atoms with Crippen molar-refractivity contribution in [3.63, 3.8) is 0 Å². The van der Waals surface area contributed by atoms with E-state index in [0.717, 1.165) is 22.0 Å². The largest absolute Gasteiger partial charge is 0.328 e. The second kappa shape index (κ2) is 6.18. The van der Waals surface area contributed by atoms with Crippen LogP contribution in [0.25, 0.3) is 0 Å². The van der Waals surface area contributed by atoms with Crippen LogP contribution in [0.5, 0.6) is 0 Å². The summed E-state index contributed by atoms with van der Waals surface area (Å²) in [6.07, 6.45) is 4.34. The zero-order chi connectivity index (χ0) is 13.0. The van der Waals surface area contributed by atoms with Crippen molar-refractivity contribution in [3.05, 3.63) is 47.2 Å². The lowest BCUT2D eigenvalue weighted by Crippen LogP contribution is -2.17. The minimum atomic E-state index is 0.156. The fourth-order valence-electron chi connectivity index (χ4n) is 1.49. The summed E-state index contributed by atoms with van der Waals surface area (Å²) in [5, 5.41) is 2.43. The molecular formula is C13H14ClN3S. The second-order valence-corrected chi connectivity index (χ2v) is 5.58. The SMILES string of the molecule is CC(N)Cc1ccc(Sc2ccc(Cl)cn2)nc1.